The van der Waals surface area contributed by atoms with Crippen LogP contribution >= 0.6 is 0 Å². The number of halogens is 3. The Hall–Kier alpha value is -4.39. The number of aromatic nitrogens is 4. The fourth-order valence-corrected chi connectivity index (χ4v) is 3.55. The minimum absolute atomic E-state index is 0.0744. The molecular weight excluding hydrogens is 459 g/mol. The van der Waals surface area contributed by atoms with Crippen LogP contribution in [-0.2, 0) is 13.0 Å². The highest BCUT2D eigenvalue weighted by molar-refractivity contribution is 5.66. The molecule has 0 bridgehead atoms. The van der Waals surface area contributed by atoms with E-state index in [1.807, 2.05) is 19.2 Å². The zero-order chi connectivity index (χ0) is 24.9. The van der Waals surface area contributed by atoms with Gasteiger partial charge >= 0.3 is 0 Å². The molecule has 35 heavy (non-hydrogen) atoms. The van der Waals surface area contributed by atoms with Gasteiger partial charge in [-0.15, -0.1) is 0 Å². The van der Waals surface area contributed by atoms with Gasteiger partial charge in [0.1, 0.15) is 29.8 Å². The zero-order valence-electron chi connectivity index (χ0n) is 18.7. The summed E-state index contributed by atoms with van der Waals surface area (Å²) in [4.78, 5) is 17.8. The lowest BCUT2D eigenvalue weighted by Crippen LogP contribution is -2.24. The largest absolute Gasteiger partial charge is 0.486 e. The van der Waals surface area contributed by atoms with E-state index < -0.39 is 24.4 Å². The predicted molar refractivity (Wildman–Crippen MR) is 122 cm³/mol. The Labute approximate surface area is 198 Å². The molecule has 178 valence electrons. The maximum atomic E-state index is 13.4. The third-order valence-corrected chi connectivity index (χ3v) is 5.24. The lowest BCUT2D eigenvalue weighted by atomic mass is 10.1. The van der Waals surface area contributed by atoms with Crippen LogP contribution in [0.4, 0.5) is 13.2 Å². The molecule has 10 heteroatoms. The molecule has 3 heterocycles. The Morgan fingerprint density at radius 3 is 2.63 bits per heavy atom. The molecule has 0 N–H and O–H groups in total. The van der Waals surface area contributed by atoms with Crippen molar-refractivity contribution in [2.45, 2.75) is 26.3 Å². The molecule has 0 aliphatic carbocycles. The topological polar surface area (TPSA) is 85.7 Å². The number of hydrogen-bond donors (Lipinski definition) is 0. The molecule has 0 amide bonds. The number of alkyl halides is 2. The maximum absolute atomic E-state index is 13.4. The van der Waals surface area contributed by atoms with Crippen molar-refractivity contribution in [1.29, 1.82) is 5.26 Å². The zero-order valence-corrected chi connectivity index (χ0v) is 18.7. The van der Waals surface area contributed by atoms with Crippen LogP contribution in [0.5, 0.6) is 5.75 Å². The second-order valence-corrected chi connectivity index (χ2v) is 7.61. The summed E-state index contributed by atoms with van der Waals surface area (Å²) in [7, 11) is 0. The van der Waals surface area contributed by atoms with Crippen LogP contribution in [0.2, 0.25) is 0 Å². The van der Waals surface area contributed by atoms with Crippen LogP contribution < -0.4 is 10.3 Å². The van der Waals surface area contributed by atoms with E-state index in [4.69, 9.17) is 4.74 Å². The summed E-state index contributed by atoms with van der Waals surface area (Å²) >= 11 is 0. The highest BCUT2D eigenvalue weighted by atomic mass is 19.3. The minimum atomic E-state index is -2.78. The molecule has 0 aliphatic rings. The van der Waals surface area contributed by atoms with Crippen LogP contribution in [-0.4, -0.2) is 32.4 Å². The highest BCUT2D eigenvalue weighted by Gasteiger charge is 2.20. The molecule has 0 aliphatic heterocycles. The van der Waals surface area contributed by atoms with E-state index in [0.717, 1.165) is 5.56 Å². The molecule has 7 nitrogen and oxygen atoms in total. The van der Waals surface area contributed by atoms with Crippen molar-refractivity contribution in [2.75, 3.05) is 6.61 Å². The number of pyridine rings is 2. The van der Waals surface area contributed by atoms with Crippen LogP contribution in [0, 0.1) is 17.1 Å². The monoisotopic (exact) mass is 479 g/mol. The fraction of sp³-hybridized carbons (Fsp3) is 0.200. The van der Waals surface area contributed by atoms with E-state index >= 15 is 0 Å². The number of benzene rings is 1. The van der Waals surface area contributed by atoms with Crippen molar-refractivity contribution in [3.05, 3.63) is 93.9 Å². The van der Waals surface area contributed by atoms with Gasteiger partial charge in [-0.25, -0.2) is 18.2 Å². The molecule has 4 aromatic rings. The number of hydrogen-bond acceptors (Lipinski definition) is 5. The lowest BCUT2D eigenvalue weighted by molar-refractivity contribution is 0.0817. The summed E-state index contributed by atoms with van der Waals surface area (Å²) in [6.07, 6.45) is 2.47. The number of nitrogens with zero attached hydrogens (tertiary/aromatic N) is 5. The normalized spacial score (nSPS) is 11.0. The van der Waals surface area contributed by atoms with Crippen molar-refractivity contribution in [2.24, 2.45) is 0 Å². The summed E-state index contributed by atoms with van der Waals surface area (Å²) in [5.41, 5.74) is 1.33. The van der Waals surface area contributed by atoms with Gasteiger partial charge < -0.3 is 4.74 Å². The first-order valence-corrected chi connectivity index (χ1v) is 10.7. The van der Waals surface area contributed by atoms with Crippen molar-refractivity contribution in [1.82, 2.24) is 19.3 Å². The number of ether oxygens (including phenoxy) is 1. The quantitative estimate of drug-likeness (QED) is 0.375. The SMILES string of the molecule is CCn1cc(Cc2cccn(-c3nc(-c4ccc(F)cc4)cc(OCC(F)F)c3C#N)c2=O)cn1. The van der Waals surface area contributed by atoms with Gasteiger partial charge in [0, 0.05) is 42.6 Å². The first kappa shape index (κ1) is 23.8. The van der Waals surface area contributed by atoms with Crippen molar-refractivity contribution < 1.29 is 17.9 Å². The molecule has 0 fully saturated rings. The third kappa shape index (κ3) is 5.24. The highest BCUT2D eigenvalue weighted by Crippen LogP contribution is 2.30. The second kappa shape index (κ2) is 10.3. The molecule has 0 unspecified atom stereocenters. The van der Waals surface area contributed by atoms with Gasteiger partial charge in [0.25, 0.3) is 12.0 Å². The molecule has 0 saturated heterocycles. The first-order chi connectivity index (χ1) is 16.9. The van der Waals surface area contributed by atoms with E-state index in [1.54, 1.807) is 23.0 Å². The number of nitriles is 1. The summed E-state index contributed by atoms with van der Waals surface area (Å²) < 4.78 is 47.3. The Balaban J connectivity index is 1.85. The van der Waals surface area contributed by atoms with Crippen molar-refractivity contribution in [3.8, 4) is 28.9 Å². The number of rotatable bonds is 8. The molecule has 1 aromatic carbocycles. The molecule has 0 spiro atoms. The first-order valence-electron chi connectivity index (χ1n) is 10.7. The van der Waals surface area contributed by atoms with Gasteiger partial charge in [-0.2, -0.15) is 10.4 Å². The molecule has 4 rings (SSSR count). The van der Waals surface area contributed by atoms with E-state index in [1.165, 1.54) is 41.1 Å². The van der Waals surface area contributed by atoms with Crippen molar-refractivity contribution in [3.63, 3.8) is 0 Å². The second-order valence-electron chi connectivity index (χ2n) is 7.61. The van der Waals surface area contributed by atoms with Crippen LogP contribution in [0.25, 0.3) is 17.1 Å². The van der Waals surface area contributed by atoms with Gasteiger partial charge in [0.2, 0.25) is 0 Å². The van der Waals surface area contributed by atoms with E-state index in [0.29, 0.717) is 24.1 Å². The Kier molecular flexibility index (Phi) is 6.96. The third-order valence-electron chi connectivity index (χ3n) is 5.24. The van der Waals surface area contributed by atoms with Crippen LogP contribution in [0.3, 0.4) is 0 Å². The van der Waals surface area contributed by atoms with E-state index in [9.17, 15) is 23.2 Å². The summed E-state index contributed by atoms with van der Waals surface area (Å²) in [6.45, 7) is 1.69. The molecule has 0 radical (unpaired) electrons. The maximum Gasteiger partial charge on any atom is 0.272 e. The molecule has 3 aromatic heterocycles. The molecule has 0 atom stereocenters. The smallest absolute Gasteiger partial charge is 0.272 e. The summed E-state index contributed by atoms with van der Waals surface area (Å²) in [5, 5.41) is 14.0. The summed E-state index contributed by atoms with van der Waals surface area (Å²) in [6, 6.07) is 11.9. The lowest BCUT2D eigenvalue weighted by Gasteiger charge is -2.15. The average molecular weight is 479 g/mol. The average Bonchev–Trinajstić information content (AvgIpc) is 3.31. The molecular formula is C25H20F3N5O2. The predicted octanol–water partition coefficient (Wildman–Crippen LogP) is 4.36. The van der Waals surface area contributed by atoms with Gasteiger partial charge in [-0.1, -0.05) is 6.07 Å². The van der Waals surface area contributed by atoms with E-state index in [2.05, 4.69) is 10.1 Å². The van der Waals surface area contributed by atoms with Gasteiger partial charge in [-0.3, -0.25) is 14.0 Å². The van der Waals surface area contributed by atoms with Gasteiger partial charge in [0.05, 0.1) is 11.9 Å². The van der Waals surface area contributed by atoms with Crippen molar-refractivity contribution >= 4 is 0 Å². The van der Waals surface area contributed by atoms with Gasteiger partial charge in [-0.05, 0) is 42.8 Å². The minimum Gasteiger partial charge on any atom is -0.486 e. The Bertz CT molecular complexity index is 1440. The molecule has 0 saturated carbocycles. The Morgan fingerprint density at radius 2 is 1.97 bits per heavy atom. The van der Waals surface area contributed by atoms with Crippen LogP contribution in [0.1, 0.15) is 23.6 Å². The Morgan fingerprint density at radius 1 is 1.20 bits per heavy atom. The standard InChI is InChI=1S/C25H20F3N5O2/c1-2-32-14-16(13-30-32)10-18-4-3-9-33(25(18)34)24-20(12-29)22(35-15-23(27)28)11-21(31-24)17-5-7-19(26)8-6-17/h3-9,11,13-14,23H,2,10,15H2,1H3. The number of aryl methyl sites for hydroxylation is 1. The van der Waals surface area contributed by atoms with E-state index in [-0.39, 0.29) is 22.8 Å². The van der Waals surface area contributed by atoms with Gasteiger partial charge in [0.15, 0.2) is 5.82 Å². The van der Waals surface area contributed by atoms with Crippen LogP contribution in [0.15, 0.2) is 65.8 Å². The summed E-state index contributed by atoms with van der Waals surface area (Å²) in [5.74, 6) is -0.694. The fourth-order valence-electron chi connectivity index (χ4n) is 3.55.